The third kappa shape index (κ3) is 4.07. The van der Waals surface area contributed by atoms with Gasteiger partial charge in [-0.2, -0.15) is 5.10 Å². The van der Waals surface area contributed by atoms with Crippen LogP contribution < -0.4 is 0 Å². The highest BCUT2D eigenvalue weighted by molar-refractivity contribution is 7.09. The molecule has 1 amide bonds. The lowest BCUT2D eigenvalue weighted by Crippen LogP contribution is -2.40. The number of likely N-dealkylation sites (tertiary alicyclic amines) is 1. The standard InChI is InChI=1S/C21H26N6OS/c1-13-10-14(2)24-21(23-13)27-16(4)18(15(3)25-27)11-19(28)26-8-5-6-17(12-26)20-22-7-9-29-20/h7,9-10,17H,5-6,8,11-12H2,1-4H3. The lowest BCUT2D eigenvalue weighted by molar-refractivity contribution is -0.131. The molecule has 4 heterocycles. The van der Waals surface area contributed by atoms with Crippen molar-refractivity contribution in [2.24, 2.45) is 0 Å². The van der Waals surface area contributed by atoms with Crippen molar-refractivity contribution in [1.29, 1.82) is 0 Å². The molecule has 3 aromatic rings. The van der Waals surface area contributed by atoms with E-state index in [1.54, 1.807) is 16.0 Å². The topological polar surface area (TPSA) is 76.8 Å². The first kappa shape index (κ1) is 19.7. The van der Waals surface area contributed by atoms with Gasteiger partial charge < -0.3 is 4.90 Å². The van der Waals surface area contributed by atoms with Crippen molar-refractivity contribution in [3.05, 3.63) is 51.0 Å². The maximum atomic E-state index is 13.1. The Morgan fingerprint density at radius 3 is 2.66 bits per heavy atom. The minimum atomic E-state index is 0.151. The summed E-state index contributed by atoms with van der Waals surface area (Å²) in [5.41, 5.74) is 4.55. The highest BCUT2D eigenvalue weighted by Crippen LogP contribution is 2.29. The average Bonchev–Trinajstić information content (AvgIpc) is 3.32. The van der Waals surface area contributed by atoms with E-state index in [4.69, 9.17) is 0 Å². The smallest absolute Gasteiger partial charge is 0.251 e. The van der Waals surface area contributed by atoms with Crippen LogP contribution in [0.2, 0.25) is 0 Å². The van der Waals surface area contributed by atoms with Crippen molar-refractivity contribution < 1.29 is 4.79 Å². The fourth-order valence-electron chi connectivity index (χ4n) is 4.03. The molecule has 0 aromatic carbocycles. The number of thiazole rings is 1. The van der Waals surface area contributed by atoms with E-state index in [9.17, 15) is 4.79 Å². The van der Waals surface area contributed by atoms with Gasteiger partial charge in [-0.15, -0.1) is 11.3 Å². The van der Waals surface area contributed by atoms with Gasteiger partial charge in [0.25, 0.3) is 5.95 Å². The Labute approximate surface area is 174 Å². The number of piperidine rings is 1. The predicted octanol–water partition coefficient (Wildman–Crippen LogP) is 3.30. The number of nitrogens with zero attached hydrogens (tertiary/aromatic N) is 6. The van der Waals surface area contributed by atoms with Crippen LogP contribution in [0.15, 0.2) is 17.6 Å². The number of hydrogen-bond donors (Lipinski definition) is 0. The van der Waals surface area contributed by atoms with Crippen LogP contribution in [-0.4, -0.2) is 48.6 Å². The zero-order valence-electron chi connectivity index (χ0n) is 17.3. The molecule has 0 aliphatic carbocycles. The number of aromatic nitrogens is 5. The molecule has 0 N–H and O–H groups in total. The SMILES string of the molecule is Cc1cc(C)nc(-n2nc(C)c(CC(=O)N3CCCC(c4nccs4)C3)c2C)n1. The number of aryl methyl sites for hydroxylation is 3. The molecule has 1 aliphatic rings. The Kier molecular flexibility index (Phi) is 5.45. The molecule has 1 saturated heterocycles. The molecule has 152 valence electrons. The first-order chi connectivity index (χ1) is 13.9. The fourth-order valence-corrected chi connectivity index (χ4v) is 4.80. The van der Waals surface area contributed by atoms with Crippen molar-refractivity contribution in [1.82, 2.24) is 29.6 Å². The summed E-state index contributed by atoms with van der Waals surface area (Å²) >= 11 is 1.68. The molecule has 1 unspecified atom stereocenters. The van der Waals surface area contributed by atoms with Gasteiger partial charge in [-0.3, -0.25) is 4.79 Å². The zero-order chi connectivity index (χ0) is 20.5. The van der Waals surface area contributed by atoms with Crippen LogP contribution in [0, 0.1) is 27.7 Å². The van der Waals surface area contributed by atoms with Crippen molar-refractivity contribution in [2.45, 2.75) is 52.9 Å². The van der Waals surface area contributed by atoms with E-state index in [-0.39, 0.29) is 5.91 Å². The van der Waals surface area contributed by atoms with Crippen molar-refractivity contribution in [3.63, 3.8) is 0 Å². The quantitative estimate of drug-likeness (QED) is 0.660. The molecule has 1 aliphatic heterocycles. The molecule has 0 spiro atoms. The first-order valence-corrected chi connectivity index (χ1v) is 10.8. The summed E-state index contributed by atoms with van der Waals surface area (Å²) in [5.74, 6) is 1.06. The summed E-state index contributed by atoms with van der Waals surface area (Å²) in [4.78, 5) is 28.5. The molecule has 3 aromatic heterocycles. The van der Waals surface area contributed by atoms with E-state index in [0.717, 1.165) is 59.3 Å². The fraction of sp³-hybridized carbons (Fsp3) is 0.476. The molecule has 7 nitrogen and oxygen atoms in total. The van der Waals surface area contributed by atoms with Gasteiger partial charge >= 0.3 is 0 Å². The van der Waals surface area contributed by atoms with E-state index in [1.165, 1.54) is 0 Å². The summed E-state index contributed by atoms with van der Waals surface area (Å²) in [6.07, 6.45) is 4.31. The normalized spacial score (nSPS) is 17.0. The van der Waals surface area contributed by atoms with Gasteiger partial charge in [0.05, 0.1) is 17.1 Å². The summed E-state index contributed by atoms with van der Waals surface area (Å²) in [7, 11) is 0. The Hall–Kier alpha value is -2.61. The van der Waals surface area contributed by atoms with E-state index in [2.05, 4.69) is 20.1 Å². The van der Waals surface area contributed by atoms with Gasteiger partial charge in [0, 0.05) is 53.2 Å². The van der Waals surface area contributed by atoms with E-state index in [1.807, 2.05) is 50.2 Å². The van der Waals surface area contributed by atoms with Gasteiger partial charge in [-0.25, -0.2) is 19.6 Å². The highest BCUT2D eigenvalue weighted by atomic mass is 32.1. The zero-order valence-corrected chi connectivity index (χ0v) is 18.2. The summed E-state index contributed by atoms with van der Waals surface area (Å²) < 4.78 is 1.76. The minimum absolute atomic E-state index is 0.151. The van der Waals surface area contributed by atoms with Crippen LogP contribution in [0.3, 0.4) is 0 Å². The third-order valence-electron chi connectivity index (χ3n) is 5.50. The summed E-state index contributed by atoms with van der Waals surface area (Å²) in [6, 6.07) is 1.94. The predicted molar refractivity (Wildman–Crippen MR) is 112 cm³/mol. The molecular weight excluding hydrogens is 384 g/mol. The second-order valence-corrected chi connectivity index (χ2v) is 8.66. The van der Waals surface area contributed by atoms with Gasteiger partial charge in [0.2, 0.25) is 5.91 Å². The molecule has 0 saturated carbocycles. The van der Waals surface area contributed by atoms with Crippen molar-refractivity contribution in [3.8, 4) is 5.95 Å². The van der Waals surface area contributed by atoms with Gasteiger partial charge in [0.1, 0.15) is 0 Å². The Morgan fingerprint density at radius 2 is 1.97 bits per heavy atom. The molecule has 1 atom stereocenters. The molecule has 1 fully saturated rings. The maximum absolute atomic E-state index is 13.1. The van der Waals surface area contributed by atoms with Crippen LogP contribution in [-0.2, 0) is 11.2 Å². The highest BCUT2D eigenvalue weighted by Gasteiger charge is 2.27. The number of carbonyl (C=O) groups excluding carboxylic acids is 1. The number of carbonyl (C=O) groups is 1. The second kappa shape index (κ2) is 8.02. The Balaban J connectivity index is 1.53. The third-order valence-corrected chi connectivity index (χ3v) is 6.44. The van der Waals surface area contributed by atoms with Crippen LogP contribution in [0.4, 0.5) is 0 Å². The van der Waals surface area contributed by atoms with Gasteiger partial charge in [0.15, 0.2) is 0 Å². The van der Waals surface area contributed by atoms with Crippen LogP contribution in [0.5, 0.6) is 0 Å². The lowest BCUT2D eigenvalue weighted by atomic mass is 9.98. The van der Waals surface area contributed by atoms with Crippen LogP contribution >= 0.6 is 11.3 Å². The monoisotopic (exact) mass is 410 g/mol. The largest absolute Gasteiger partial charge is 0.342 e. The maximum Gasteiger partial charge on any atom is 0.251 e. The second-order valence-electron chi connectivity index (χ2n) is 7.74. The summed E-state index contributed by atoms with van der Waals surface area (Å²) in [6.45, 7) is 9.39. The van der Waals surface area contributed by atoms with Crippen molar-refractivity contribution in [2.75, 3.05) is 13.1 Å². The molecule has 29 heavy (non-hydrogen) atoms. The first-order valence-electron chi connectivity index (χ1n) is 9.97. The number of hydrogen-bond acceptors (Lipinski definition) is 6. The van der Waals surface area contributed by atoms with Gasteiger partial charge in [-0.1, -0.05) is 0 Å². The van der Waals surface area contributed by atoms with E-state index >= 15 is 0 Å². The number of amides is 1. The molecule has 8 heteroatoms. The summed E-state index contributed by atoms with van der Waals surface area (Å²) in [5, 5.41) is 7.77. The molecule has 4 rings (SSSR count). The van der Waals surface area contributed by atoms with Crippen molar-refractivity contribution >= 4 is 17.2 Å². The number of rotatable bonds is 4. The van der Waals surface area contributed by atoms with Gasteiger partial charge in [-0.05, 0) is 46.6 Å². The Bertz CT molecular complexity index is 1010. The lowest BCUT2D eigenvalue weighted by Gasteiger charge is -2.32. The average molecular weight is 411 g/mol. The van der Waals surface area contributed by atoms with Crippen LogP contribution in [0.25, 0.3) is 5.95 Å². The van der Waals surface area contributed by atoms with E-state index in [0.29, 0.717) is 18.3 Å². The minimum Gasteiger partial charge on any atom is -0.342 e. The van der Waals surface area contributed by atoms with E-state index < -0.39 is 0 Å². The Morgan fingerprint density at radius 1 is 1.21 bits per heavy atom. The molecular formula is C21H26N6OS. The van der Waals surface area contributed by atoms with Crippen LogP contribution in [0.1, 0.15) is 52.1 Å². The molecule has 0 radical (unpaired) electrons. The molecule has 0 bridgehead atoms.